The Labute approximate surface area is 158 Å². The molecule has 0 radical (unpaired) electrons. The lowest BCUT2D eigenvalue weighted by atomic mass is 9.73. The number of amides is 1. The van der Waals surface area contributed by atoms with Gasteiger partial charge in [0.1, 0.15) is 6.33 Å². The van der Waals surface area contributed by atoms with Crippen molar-refractivity contribution in [1.29, 1.82) is 0 Å². The molecule has 27 heavy (non-hydrogen) atoms. The molecule has 0 aromatic carbocycles. The first-order chi connectivity index (χ1) is 13.2. The molecular formula is C19H25N5O3. The summed E-state index contributed by atoms with van der Waals surface area (Å²) < 4.78 is 13.7. The second kappa shape index (κ2) is 7.74. The molecule has 2 unspecified atom stereocenters. The van der Waals surface area contributed by atoms with Gasteiger partial charge in [0.2, 0.25) is 5.82 Å². The molecule has 2 fully saturated rings. The van der Waals surface area contributed by atoms with Crippen LogP contribution in [0.25, 0.3) is 0 Å². The summed E-state index contributed by atoms with van der Waals surface area (Å²) in [6.45, 7) is 3.16. The van der Waals surface area contributed by atoms with Gasteiger partial charge in [0.05, 0.1) is 19.3 Å². The lowest BCUT2D eigenvalue weighted by Crippen LogP contribution is -2.58. The van der Waals surface area contributed by atoms with E-state index < -0.39 is 0 Å². The Morgan fingerprint density at radius 2 is 2.26 bits per heavy atom. The molecule has 4 heterocycles. The third kappa shape index (κ3) is 3.86. The van der Waals surface area contributed by atoms with E-state index in [1.165, 1.54) is 0 Å². The van der Waals surface area contributed by atoms with Gasteiger partial charge in [-0.15, -0.1) is 5.10 Å². The van der Waals surface area contributed by atoms with Crippen LogP contribution in [-0.4, -0.2) is 63.0 Å². The highest BCUT2D eigenvalue weighted by Gasteiger charge is 2.47. The van der Waals surface area contributed by atoms with Gasteiger partial charge in [-0.1, -0.05) is 0 Å². The van der Waals surface area contributed by atoms with Gasteiger partial charge < -0.3 is 14.4 Å². The van der Waals surface area contributed by atoms with E-state index in [-0.39, 0.29) is 23.3 Å². The van der Waals surface area contributed by atoms with Gasteiger partial charge in [0.15, 0.2) is 0 Å². The zero-order valence-corrected chi connectivity index (χ0v) is 15.6. The van der Waals surface area contributed by atoms with Crippen LogP contribution in [0, 0.1) is 5.41 Å². The Morgan fingerprint density at radius 3 is 3.04 bits per heavy atom. The van der Waals surface area contributed by atoms with Gasteiger partial charge in [-0.3, -0.25) is 14.5 Å². The zero-order valence-electron chi connectivity index (χ0n) is 15.6. The number of ether oxygens (including phenoxy) is 2. The summed E-state index contributed by atoms with van der Waals surface area (Å²) in [5.74, 6) is 0.133. The van der Waals surface area contributed by atoms with Crippen molar-refractivity contribution in [2.24, 2.45) is 12.5 Å². The molecule has 0 spiro atoms. The van der Waals surface area contributed by atoms with E-state index in [1.807, 2.05) is 17.0 Å². The Hall–Kier alpha value is -2.32. The Bertz CT molecular complexity index is 781. The van der Waals surface area contributed by atoms with Gasteiger partial charge in [0.25, 0.3) is 5.91 Å². The molecular weight excluding hydrogens is 346 g/mol. The van der Waals surface area contributed by atoms with Crippen molar-refractivity contribution >= 4 is 5.91 Å². The van der Waals surface area contributed by atoms with E-state index in [9.17, 15) is 4.79 Å². The monoisotopic (exact) mass is 371 g/mol. The van der Waals surface area contributed by atoms with E-state index in [4.69, 9.17) is 9.47 Å². The first-order valence-corrected chi connectivity index (χ1v) is 9.39. The summed E-state index contributed by atoms with van der Waals surface area (Å²) >= 11 is 0. The van der Waals surface area contributed by atoms with Crippen molar-refractivity contribution in [1.82, 2.24) is 24.6 Å². The van der Waals surface area contributed by atoms with Crippen LogP contribution >= 0.6 is 0 Å². The minimum atomic E-state index is -0.173. The van der Waals surface area contributed by atoms with E-state index >= 15 is 0 Å². The second-order valence-electron chi connectivity index (χ2n) is 7.43. The second-order valence-corrected chi connectivity index (χ2v) is 7.43. The zero-order chi connectivity index (χ0) is 18.7. The van der Waals surface area contributed by atoms with Gasteiger partial charge >= 0.3 is 0 Å². The van der Waals surface area contributed by atoms with Crippen LogP contribution in [0.3, 0.4) is 0 Å². The number of hydrogen-bond acceptors (Lipinski definition) is 6. The quantitative estimate of drug-likeness (QED) is 0.791. The molecule has 2 atom stereocenters. The fraction of sp³-hybridized carbons (Fsp3) is 0.579. The number of piperidine rings is 1. The highest BCUT2D eigenvalue weighted by atomic mass is 16.5. The number of pyridine rings is 1. The van der Waals surface area contributed by atoms with E-state index in [0.29, 0.717) is 26.3 Å². The lowest BCUT2D eigenvalue weighted by molar-refractivity contribution is -0.149. The Kier molecular flexibility index (Phi) is 5.18. The van der Waals surface area contributed by atoms with Gasteiger partial charge in [-0.2, -0.15) is 0 Å². The average molecular weight is 371 g/mol. The maximum absolute atomic E-state index is 12.8. The molecule has 0 aliphatic carbocycles. The highest BCUT2D eigenvalue weighted by Crippen LogP contribution is 2.40. The minimum absolute atomic E-state index is 0.117. The lowest BCUT2D eigenvalue weighted by Gasteiger charge is -2.50. The number of aryl methyl sites for hydroxylation is 1. The van der Waals surface area contributed by atoms with Crippen molar-refractivity contribution in [3.8, 4) is 0 Å². The molecule has 2 saturated heterocycles. The summed E-state index contributed by atoms with van der Waals surface area (Å²) in [6.07, 6.45) is 8.01. The van der Waals surface area contributed by atoms with Crippen LogP contribution in [0.1, 0.15) is 35.4 Å². The summed E-state index contributed by atoms with van der Waals surface area (Å²) in [5, 5.41) is 4.16. The van der Waals surface area contributed by atoms with Crippen LogP contribution in [0.4, 0.5) is 0 Å². The van der Waals surface area contributed by atoms with Crippen molar-refractivity contribution in [2.45, 2.75) is 32.0 Å². The predicted molar refractivity (Wildman–Crippen MR) is 96.8 cm³/mol. The van der Waals surface area contributed by atoms with Crippen LogP contribution in [0.2, 0.25) is 0 Å². The van der Waals surface area contributed by atoms with Crippen LogP contribution < -0.4 is 0 Å². The van der Waals surface area contributed by atoms with Crippen molar-refractivity contribution in [2.75, 3.05) is 26.3 Å². The summed E-state index contributed by atoms with van der Waals surface area (Å²) in [4.78, 5) is 22.8. The SMILES string of the molecule is Cn1cnc(C(=O)N2CCC3OCCCC3(COCc3ccncc3)C2)n1. The molecule has 2 aromatic rings. The van der Waals surface area contributed by atoms with Gasteiger partial charge in [-0.05, 0) is 37.0 Å². The number of aromatic nitrogens is 4. The molecule has 2 aromatic heterocycles. The topological polar surface area (TPSA) is 82.4 Å². The standard InChI is InChI=1S/C19H25N5O3/c1-23-14-21-17(22-23)18(25)24-9-5-16-19(12-24,6-2-10-27-16)13-26-11-15-3-7-20-8-4-15/h3-4,7-8,14,16H,2,5-6,9-13H2,1H3. The molecule has 8 heteroatoms. The van der Waals surface area contributed by atoms with E-state index in [0.717, 1.165) is 31.4 Å². The van der Waals surface area contributed by atoms with Crippen molar-refractivity contribution in [3.63, 3.8) is 0 Å². The fourth-order valence-electron chi connectivity index (χ4n) is 4.10. The number of carbonyl (C=O) groups excluding carboxylic acids is 1. The molecule has 2 aliphatic rings. The molecule has 0 N–H and O–H groups in total. The molecule has 2 aliphatic heterocycles. The first kappa shape index (κ1) is 18.1. The number of hydrogen-bond donors (Lipinski definition) is 0. The number of likely N-dealkylation sites (tertiary alicyclic amines) is 1. The molecule has 8 nitrogen and oxygen atoms in total. The Balaban J connectivity index is 1.45. The molecule has 0 bridgehead atoms. The third-order valence-electron chi connectivity index (χ3n) is 5.47. The number of nitrogens with zero attached hydrogens (tertiary/aromatic N) is 5. The summed E-state index contributed by atoms with van der Waals surface area (Å²) in [5.41, 5.74) is 0.921. The average Bonchev–Trinajstić information content (AvgIpc) is 3.14. The molecule has 1 amide bonds. The van der Waals surface area contributed by atoms with E-state index in [2.05, 4.69) is 15.1 Å². The smallest absolute Gasteiger partial charge is 0.293 e. The minimum Gasteiger partial charge on any atom is -0.377 e. The van der Waals surface area contributed by atoms with Crippen LogP contribution in [0.5, 0.6) is 0 Å². The third-order valence-corrected chi connectivity index (χ3v) is 5.47. The maximum atomic E-state index is 12.8. The largest absolute Gasteiger partial charge is 0.377 e. The number of fused-ring (bicyclic) bond motifs is 1. The highest BCUT2D eigenvalue weighted by molar-refractivity contribution is 5.90. The summed E-state index contributed by atoms with van der Waals surface area (Å²) in [7, 11) is 1.76. The predicted octanol–water partition coefficient (Wildman–Crippen LogP) is 1.44. The van der Waals surface area contributed by atoms with Crippen LogP contribution in [-0.2, 0) is 23.1 Å². The maximum Gasteiger partial charge on any atom is 0.293 e. The van der Waals surface area contributed by atoms with Crippen molar-refractivity contribution < 1.29 is 14.3 Å². The summed E-state index contributed by atoms with van der Waals surface area (Å²) in [6, 6.07) is 3.91. The fourth-order valence-corrected chi connectivity index (χ4v) is 4.10. The van der Waals surface area contributed by atoms with Crippen LogP contribution in [0.15, 0.2) is 30.9 Å². The van der Waals surface area contributed by atoms with Gasteiger partial charge in [-0.25, -0.2) is 4.98 Å². The molecule has 4 rings (SSSR count). The number of carbonyl (C=O) groups is 1. The van der Waals surface area contributed by atoms with Crippen molar-refractivity contribution in [3.05, 3.63) is 42.2 Å². The van der Waals surface area contributed by atoms with Gasteiger partial charge in [0, 0.05) is 44.6 Å². The Morgan fingerprint density at radius 1 is 1.41 bits per heavy atom. The first-order valence-electron chi connectivity index (χ1n) is 9.39. The van der Waals surface area contributed by atoms with E-state index in [1.54, 1.807) is 30.5 Å². The normalized spacial score (nSPS) is 25.2. The molecule has 0 saturated carbocycles. The number of rotatable bonds is 5. The molecule has 144 valence electrons.